The van der Waals surface area contributed by atoms with Crippen molar-refractivity contribution in [3.63, 3.8) is 0 Å². The maximum atomic E-state index is 5.25. The van der Waals surface area contributed by atoms with Gasteiger partial charge in [0.25, 0.3) is 0 Å². The summed E-state index contributed by atoms with van der Waals surface area (Å²) >= 11 is 0. The summed E-state index contributed by atoms with van der Waals surface area (Å²) in [5.41, 5.74) is 0.514. The minimum Gasteiger partial charge on any atom is -0.381 e. The lowest BCUT2D eigenvalue weighted by molar-refractivity contribution is 0.157. The molecule has 1 heterocycles. The summed E-state index contributed by atoms with van der Waals surface area (Å²) in [5, 5.41) is 0. The molecule has 0 aliphatic carbocycles. The average molecular weight is 144 g/mol. The summed E-state index contributed by atoms with van der Waals surface area (Å²) in [6.45, 7) is 10.5. The Hall–Kier alpha value is -0.0400. The zero-order valence-electron chi connectivity index (χ0n) is 7.74. The second-order valence-corrected chi connectivity index (χ2v) is 2.97. The van der Waals surface area contributed by atoms with Gasteiger partial charge in [-0.2, -0.15) is 0 Å². The summed E-state index contributed by atoms with van der Waals surface area (Å²) in [4.78, 5) is 0. The molecule has 0 aromatic rings. The largest absolute Gasteiger partial charge is 0.381 e. The van der Waals surface area contributed by atoms with Crippen LogP contribution in [0.25, 0.3) is 0 Å². The molecule has 0 N–H and O–H groups in total. The molecule has 62 valence electrons. The van der Waals surface area contributed by atoms with Crippen LogP contribution < -0.4 is 0 Å². The van der Waals surface area contributed by atoms with Crippen molar-refractivity contribution in [2.45, 2.75) is 40.5 Å². The number of hydrogen-bond donors (Lipinski definition) is 0. The molecule has 0 saturated carbocycles. The molecule has 10 heavy (non-hydrogen) atoms. The zero-order valence-corrected chi connectivity index (χ0v) is 7.74. The van der Waals surface area contributed by atoms with Crippen LogP contribution >= 0.6 is 0 Å². The molecule has 1 aliphatic heterocycles. The Morgan fingerprint density at radius 3 is 2.20 bits per heavy atom. The van der Waals surface area contributed by atoms with Crippen molar-refractivity contribution in [2.75, 3.05) is 13.2 Å². The summed E-state index contributed by atoms with van der Waals surface area (Å²) in [6, 6.07) is 0. The Labute approximate surface area is 64.8 Å². The van der Waals surface area contributed by atoms with Gasteiger partial charge < -0.3 is 4.74 Å². The molecule has 0 aromatic carbocycles. The third-order valence-electron chi connectivity index (χ3n) is 2.15. The van der Waals surface area contributed by atoms with Crippen LogP contribution in [0.5, 0.6) is 0 Å². The van der Waals surface area contributed by atoms with Gasteiger partial charge in [0, 0.05) is 6.61 Å². The van der Waals surface area contributed by atoms with Gasteiger partial charge in [0.05, 0.1) is 6.61 Å². The van der Waals surface area contributed by atoms with E-state index in [0.29, 0.717) is 5.41 Å². The normalized spacial score (nSPS) is 31.2. The molecular weight excluding hydrogens is 124 g/mol. The third kappa shape index (κ3) is 2.70. The molecule has 1 fully saturated rings. The van der Waals surface area contributed by atoms with E-state index in [1.165, 1.54) is 12.8 Å². The van der Waals surface area contributed by atoms with Crippen molar-refractivity contribution in [3.05, 3.63) is 0 Å². The molecule has 1 rings (SSSR count). The minimum absolute atomic E-state index is 0.514. The van der Waals surface area contributed by atoms with Gasteiger partial charge in [-0.1, -0.05) is 27.7 Å². The van der Waals surface area contributed by atoms with E-state index in [1.807, 2.05) is 13.8 Å². The molecule has 1 saturated heterocycles. The topological polar surface area (TPSA) is 9.23 Å². The fourth-order valence-corrected chi connectivity index (χ4v) is 0.988. The summed E-state index contributed by atoms with van der Waals surface area (Å²) in [6.07, 6.45) is 2.51. The molecule has 1 aliphatic rings. The Morgan fingerprint density at radius 2 is 2.00 bits per heavy atom. The van der Waals surface area contributed by atoms with Crippen molar-refractivity contribution in [1.82, 2.24) is 0 Å². The minimum atomic E-state index is 0.514. The molecule has 0 aromatic heterocycles. The van der Waals surface area contributed by atoms with Gasteiger partial charge in [-0.15, -0.1) is 0 Å². The van der Waals surface area contributed by atoms with Crippen LogP contribution in [-0.2, 0) is 4.74 Å². The maximum Gasteiger partial charge on any atom is 0.0520 e. The molecule has 0 amide bonds. The van der Waals surface area contributed by atoms with Crippen LogP contribution in [0.3, 0.4) is 0 Å². The fourth-order valence-electron chi connectivity index (χ4n) is 0.988. The highest BCUT2D eigenvalue weighted by Crippen LogP contribution is 2.30. The first-order valence-corrected chi connectivity index (χ1v) is 4.35. The van der Waals surface area contributed by atoms with E-state index in [9.17, 15) is 0 Å². The van der Waals surface area contributed by atoms with Crippen molar-refractivity contribution in [2.24, 2.45) is 5.41 Å². The van der Waals surface area contributed by atoms with Crippen LogP contribution in [0.4, 0.5) is 0 Å². The standard InChI is InChI=1S/C7H14O.C2H6/c1-3-7(2)4-5-8-6-7;1-2/h3-6H2,1-2H3;1-2H3/t7-;/m1./s1. The van der Waals surface area contributed by atoms with Gasteiger partial charge in [0.15, 0.2) is 0 Å². The predicted molar refractivity (Wildman–Crippen MR) is 45.2 cm³/mol. The molecular formula is C9H20O. The lowest BCUT2D eigenvalue weighted by Crippen LogP contribution is -2.13. The molecule has 0 bridgehead atoms. The highest BCUT2D eigenvalue weighted by molar-refractivity contribution is 4.75. The van der Waals surface area contributed by atoms with E-state index in [-0.39, 0.29) is 0 Å². The second kappa shape index (κ2) is 4.73. The Balaban J connectivity index is 0.000000371. The summed E-state index contributed by atoms with van der Waals surface area (Å²) < 4.78 is 5.25. The van der Waals surface area contributed by atoms with E-state index < -0.39 is 0 Å². The summed E-state index contributed by atoms with van der Waals surface area (Å²) in [5.74, 6) is 0. The van der Waals surface area contributed by atoms with Crippen molar-refractivity contribution >= 4 is 0 Å². The van der Waals surface area contributed by atoms with Crippen LogP contribution in [0, 0.1) is 5.41 Å². The quantitative estimate of drug-likeness (QED) is 0.550. The predicted octanol–water partition coefficient (Wildman–Crippen LogP) is 2.85. The Bertz CT molecular complexity index is 72.8. The highest BCUT2D eigenvalue weighted by atomic mass is 16.5. The molecule has 0 radical (unpaired) electrons. The van der Waals surface area contributed by atoms with E-state index in [1.54, 1.807) is 0 Å². The van der Waals surface area contributed by atoms with E-state index in [0.717, 1.165) is 13.2 Å². The molecule has 1 atom stereocenters. The van der Waals surface area contributed by atoms with Crippen LogP contribution in [0.15, 0.2) is 0 Å². The van der Waals surface area contributed by atoms with E-state index >= 15 is 0 Å². The van der Waals surface area contributed by atoms with E-state index in [4.69, 9.17) is 4.74 Å². The van der Waals surface area contributed by atoms with Crippen molar-refractivity contribution < 1.29 is 4.74 Å². The summed E-state index contributed by atoms with van der Waals surface area (Å²) in [7, 11) is 0. The first-order chi connectivity index (χ1) is 4.77. The third-order valence-corrected chi connectivity index (χ3v) is 2.15. The second-order valence-electron chi connectivity index (χ2n) is 2.97. The fraction of sp³-hybridized carbons (Fsp3) is 1.00. The maximum absolute atomic E-state index is 5.25. The number of ether oxygens (including phenoxy) is 1. The van der Waals surface area contributed by atoms with Gasteiger partial charge >= 0.3 is 0 Å². The van der Waals surface area contributed by atoms with Crippen LogP contribution in [0.1, 0.15) is 40.5 Å². The first-order valence-electron chi connectivity index (χ1n) is 4.35. The zero-order chi connectivity index (χ0) is 8.04. The SMILES string of the molecule is CC.CC[C@]1(C)CCOC1. The van der Waals surface area contributed by atoms with Gasteiger partial charge in [-0.3, -0.25) is 0 Å². The first kappa shape index (κ1) is 9.96. The Kier molecular flexibility index (Phi) is 4.71. The number of rotatable bonds is 1. The van der Waals surface area contributed by atoms with Crippen LogP contribution in [0.2, 0.25) is 0 Å². The Morgan fingerprint density at radius 1 is 1.40 bits per heavy atom. The molecule has 1 heteroatoms. The number of hydrogen-bond acceptors (Lipinski definition) is 1. The monoisotopic (exact) mass is 144 g/mol. The van der Waals surface area contributed by atoms with Crippen LogP contribution in [-0.4, -0.2) is 13.2 Å². The van der Waals surface area contributed by atoms with Gasteiger partial charge in [-0.05, 0) is 18.3 Å². The van der Waals surface area contributed by atoms with Crippen molar-refractivity contribution in [1.29, 1.82) is 0 Å². The lowest BCUT2D eigenvalue weighted by atomic mass is 9.87. The van der Waals surface area contributed by atoms with E-state index in [2.05, 4.69) is 13.8 Å². The highest BCUT2D eigenvalue weighted by Gasteiger charge is 2.26. The van der Waals surface area contributed by atoms with Gasteiger partial charge in [0.2, 0.25) is 0 Å². The smallest absolute Gasteiger partial charge is 0.0520 e. The van der Waals surface area contributed by atoms with Gasteiger partial charge in [0.1, 0.15) is 0 Å². The molecule has 0 unspecified atom stereocenters. The lowest BCUT2D eigenvalue weighted by Gasteiger charge is -2.17. The molecule has 1 nitrogen and oxygen atoms in total. The van der Waals surface area contributed by atoms with Gasteiger partial charge in [-0.25, -0.2) is 0 Å². The molecule has 0 spiro atoms. The average Bonchev–Trinajstić information content (AvgIpc) is 2.42. The van der Waals surface area contributed by atoms with Crippen molar-refractivity contribution in [3.8, 4) is 0 Å².